The fourth-order valence-electron chi connectivity index (χ4n) is 2.27. The standard InChI is InChI=1S/C13H18ClN3O2/c1-9-8-10(16-12(14)15-9)11(18)17-6-3-4-13(2,19)5-7-17/h8,19H,3-7H2,1-2H3. The molecule has 1 aromatic heterocycles. The van der Waals surface area contributed by atoms with Crippen LogP contribution < -0.4 is 0 Å². The Morgan fingerprint density at radius 3 is 2.84 bits per heavy atom. The van der Waals surface area contributed by atoms with Crippen LogP contribution >= 0.6 is 11.6 Å². The SMILES string of the molecule is Cc1cc(C(=O)N2CCCC(C)(O)CC2)nc(Cl)n1. The second-order valence-corrected chi connectivity index (χ2v) is 5.64. The zero-order valence-corrected chi connectivity index (χ0v) is 11.9. The van der Waals surface area contributed by atoms with Crippen LogP contribution in [0.5, 0.6) is 0 Å². The lowest BCUT2D eigenvalue weighted by Crippen LogP contribution is -2.34. The van der Waals surface area contributed by atoms with E-state index in [1.807, 2.05) is 6.92 Å². The molecule has 0 aliphatic carbocycles. The topological polar surface area (TPSA) is 66.3 Å². The van der Waals surface area contributed by atoms with Gasteiger partial charge in [-0.1, -0.05) is 0 Å². The Morgan fingerprint density at radius 2 is 2.16 bits per heavy atom. The third-order valence-electron chi connectivity index (χ3n) is 3.40. The molecule has 104 valence electrons. The lowest BCUT2D eigenvalue weighted by atomic mass is 9.98. The number of aryl methyl sites for hydroxylation is 1. The fraction of sp³-hybridized carbons (Fsp3) is 0.615. The molecule has 5 nitrogen and oxygen atoms in total. The van der Waals surface area contributed by atoms with Gasteiger partial charge in [-0.15, -0.1) is 0 Å². The predicted molar refractivity (Wildman–Crippen MR) is 72.2 cm³/mol. The van der Waals surface area contributed by atoms with Crippen molar-refractivity contribution < 1.29 is 9.90 Å². The quantitative estimate of drug-likeness (QED) is 0.799. The smallest absolute Gasteiger partial charge is 0.272 e. The van der Waals surface area contributed by atoms with Crippen LogP contribution in [0.2, 0.25) is 5.28 Å². The molecule has 19 heavy (non-hydrogen) atoms. The Kier molecular flexibility index (Phi) is 4.06. The van der Waals surface area contributed by atoms with Crippen LogP contribution in [0.4, 0.5) is 0 Å². The number of hydrogen-bond acceptors (Lipinski definition) is 4. The third-order valence-corrected chi connectivity index (χ3v) is 3.57. The van der Waals surface area contributed by atoms with Gasteiger partial charge in [0.05, 0.1) is 5.60 Å². The van der Waals surface area contributed by atoms with Gasteiger partial charge >= 0.3 is 0 Å². The van der Waals surface area contributed by atoms with Crippen molar-refractivity contribution in [3.63, 3.8) is 0 Å². The average Bonchev–Trinajstić information content (AvgIpc) is 2.48. The van der Waals surface area contributed by atoms with Crippen LogP contribution in [0.15, 0.2) is 6.07 Å². The molecule has 1 aliphatic heterocycles. The molecule has 0 spiro atoms. The summed E-state index contributed by atoms with van der Waals surface area (Å²) < 4.78 is 0. The van der Waals surface area contributed by atoms with Crippen LogP contribution in [0.3, 0.4) is 0 Å². The third kappa shape index (κ3) is 3.64. The molecule has 1 aliphatic rings. The minimum absolute atomic E-state index is 0.0881. The summed E-state index contributed by atoms with van der Waals surface area (Å²) in [5.41, 5.74) is 0.304. The van der Waals surface area contributed by atoms with Gasteiger partial charge in [-0.2, -0.15) is 0 Å². The second-order valence-electron chi connectivity index (χ2n) is 5.31. The van der Waals surface area contributed by atoms with Crippen LogP contribution in [0.25, 0.3) is 0 Å². The first-order chi connectivity index (χ1) is 8.87. The average molecular weight is 284 g/mol. The summed E-state index contributed by atoms with van der Waals surface area (Å²) in [6, 6.07) is 1.64. The number of halogens is 1. The highest BCUT2D eigenvalue weighted by molar-refractivity contribution is 6.28. The largest absolute Gasteiger partial charge is 0.390 e. The summed E-state index contributed by atoms with van der Waals surface area (Å²) in [5, 5.41) is 10.1. The number of aromatic nitrogens is 2. The van der Waals surface area contributed by atoms with Gasteiger partial charge < -0.3 is 10.0 Å². The van der Waals surface area contributed by atoms with E-state index in [0.717, 1.165) is 6.42 Å². The number of rotatable bonds is 1. The molecule has 1 atom stereocenters. The van der Waals surface area contributed by atoms with E-state index in [0.29, 0.717) is 37.3 Å². The molecule has 0 aromatic carbocycles. The Bertz CT molecular complexity index is 471. The normalized spacial score (nSPS) is 24.1. The van der Waals surface area contributed by atoms with E-state index in [1.165, 1.54) is 0 Å². The van der Waals surface area contributed by atoms with Crippen LogP contribution in [-0.4, -0.2) is 44.6 Å². The highest BCUT2D eigenvalue weighted by atomic mass is 35.5. The van der Waals surface area contributed by atoms with E-state index in [2.05, 4.69) is 9.97 Å². The maximum absolute atomic E-state index is 12.4. The molecule has 0 radical (unpaired) electrons. The number of likely N-dealkylation sites (tertiary alicyclic amines) is 1. The van der Waals surface area contributed by atoms with Crippen LogP contribution in [0.1, 0.15) is 42.4 Å². The summed E-state index contributed by atoms with van der Waals surface area (Å²) in [7, 11) is 0. The number of aliphatic hydroxyl groups is 1. The minimum atomic E-state index is -0.686. The van der Waals surface area contributed by atoms with E-state index in [9.17, 15) is 9.90 Å². The Hall–Kier alpha value is -1.20. The van der Waals surface area contributed by atoms with E-state index in [1.54, 1.807) is 17.9 Å². The van der Waals surface area contributed by atoms with E-state index >= 15 is 0 Å². The summed E-state index contributed by atoms with van der Waals surface area (Å²) in [6.07, 6.45) is 2.08. The molecule has 0 saturated carbocycles. The molecular weight excluding hydrogens is 266 g/mol. The number of amides is 1. The molecule has 1 unspecified atom stereocenters. The Labute approximate surface area is 117 Å². The Balaban J connectivity index is 2.15. The van der Waals surface area contributed by atoms with E-state index in [4.69, 9.17) is 11.6 Å². The lowest BCUT2D eigenvalue weighted by Gasteiger charge is -2.22. The van der Waals surface area contributed by atoms with Crippen molar-refractivity contribution in [1.82, 2.24) is 14.9 Å². The van der Waals surface area contributed by atoms with Gasteiger partial charge in [0, 0.05) is 18.8 Å². The number of carbonyl (C=O) groups is 1. The van der Waals surface area contributed by atoms with Crippen molar-refractivity contribution in [1.29, 1.82) is 0 Å². The molecule has 6 heteroatoms. The fourth-order valence-corrected chi connectivity index (χ4v) is 2.49. The van der Waals surface area contributed by atoms with Crippen molar-refractivity contribution in [2.75, 3.05) is 13.1 Å². The maximum atomic E-state index is 12.4. The first-order valence-corrected chi connectivity index (χ1v) is 6.78. The van der Waals surface area contributed by atoms with Crippen molar-refractivity contribution in [2.24, 2.45) is 0 Å². The van der Waals surface area contributed by atoms with Crippen LogP contribution in [-0.2, 0) is 0 Å². The zero-order valence-electron chi connectivity index (χ0n) is 11.2. The summed E-state index contributed by atoms with van der Waals surface area (Å²) in [5.74, 6) is -0.148. The van der Waals surface area contributed by atoms with Crippen molar-refractivity contribution in [3.05, 3.63) is 22.7 Å². The summed E-state index contributed by atoms with van der Waals surface area (Å²) >= 11 is 5.78. The number of nitrogens with zero attached hydrogens (tertiary/aromatic N) is 3. The molecule has 1 saturated heterocycles. The first-order valence-electron chi connectivity index (χ1n) is 6.40. The van der Waals surface area contributed by atoms with E-state index in [-0.39, 0.29) is 11.2 Å². The second kappa shape index (κ2) is 5.43. The zero-order chi connectivity index (χ0) is 14.0. The molecule has 2 rings (SSSR count). The highest BCUT2D eigenvalue weighted by Crippen LogP contribution is 2.22. The van der Waals surface area contributed by atoms with Gasteiger partial charge in [0.25, 0.3) is 5.91 Å². The molecular formula is C13H18ClN3O2. The maximum Gasteiger partial charge on any atom is 0.272 e. The van der Waals surface area contributed by atoms with Gasteiger partial charge in [0.1, 0.15) is 5.69 Å². The molecule has 0 bridgehead atoms. The summed E-state index contributed by atoms with van der Waals surface area (Å²) in [4.78, 5) is 22.0. The van der Waals surface area contributed by atoms with Gasteiger partial charge in [-0.25, -0.2) is 9.97 Å². The molecule has 1 amide bonds. The number of hydrogen-bond donors (Lipinski definition) is 1. The van der Waals surface area contributed by atoms with Gasteiger partial charge in [0.2, 0.25) is 5.28 Å². The number of carbonyl (C=O) groups excluding carboxylic acids is 1. The molecule has 1 aromatic rings. The monoisotopic (exact) mass is 283 g/mol. The summed E-state index contributed by atoms with van der Waals surface area (Å²) in [6.45, 7) is 4.76. The Morgan fingerprint density at radius 1 is 1.42 bits per heavy atom. The van der Waals surface area contributed by atoms with Crippen molar-refractivity contribution >= 4 is 17.5 Å². The molecule has 1 N–H and O–H groups in total. The molecule has 1 fully saturated rings. The van der Waals surface area contributed by atoms with Crippen molar-refractivity contribution in [3.8, 4) is 0 Å². The lowest BCUT2D eigenvalue weighted by molar-refractivity contribution is 0.0437. The molecule has 2 heterocycles. The first kappa shape index (κ1) is 14.2. The highest BCUT2D eigenvalue weighted by Gasteiger charge is 2.28. The minimum Gasteiger partial charge on any atom is -0.390 e. The van der Waals surface area contributed by atoms with Gasteiger partial charge in [0.15, 0.2) is 0 Å². The van der Waals surface area contributed by atoms with Gasteiger partial charge in [-0.3, -0.25) is 4.79 Å². The van der Waals surface area contributed by atoms with E-state index < -0.39 is 5.60 Å². The van der Waals surface area contributed by atoms with Gasteiger partial charge in [-0.05, 0) is 50.8 Å². The van der Waals surface area contributed by atoms with Crippen molar-refractivity contribution in [2.45, 2.75) is 38.7 Å². The van der Waals surface area contributed by atoms with Crippen LogP contribution in [0, 0.1) is 6.92 Å². The predicted octanol–water partition coefficient (Wildman–Crippen LogP) is 1.82.